The Morgan fingerprint density at radius 3 is 3.00 bits per heavy atom. The van der Waals surface area contributed by atoms with E-state index in [0.29, 0.717) is 16.6 Å². The second-order valence-corrected chi connectivity index (χ2v) is 3.40. The normalized spacial score (nSPS) is 9.94. The van der Waals surface area contributed by atoms with Gasteiger partial charge in [0.2, 0.25) is 0 Å². The molecule has 1 aromatic heterocycles. The zero-order valence-corrected chi connectivity index (χ0v) is 8.34. The summed E-state index contributed by atoms with van der Waals surface area (Å²) < 4.78 is 0. The van der Waals surface area contributed by atoms with Crippen molar-refractivity contribution in [2.75, 3.05) is 0 Å². The molecule has 0 spiro atoms. The molecule has 4 heteroatoms. The molecule has 1 aromatic carbocycles. The lowest BCUT2D eigenvalue weighted by Gasteiger charge is -2.02. The van der Waals surface area contributed by atoms with Crippen LogP contribution in [-0.4, -0.2) is 16.1 Å². The quantitative estimate of drug-likeness (QED) is 0.822. The van der Waals surface area contributed by atoms with Crippen LogP contribution in [0, 0.1) is 11.3 Å². The number of benzene rings is 1. The number of carboxylic acids is 1. The SMILES string of the molecule is N#Cc1cc(CC(=O)O)cc2cccnc12. The molecule has 0 unspecified atom stereocenters. The lowest BCUT2D eigenvalue weighted by Crippen LogP contribution is -2.00. The molecular formula is C12H8N2O2. The second kappa shape index (κ2) is 3.99. The van der Waals surface area contributed by atoms with Gasteiger partial charge < -0.3 is 5.11 Å². The molecule has 0 saturated heterocycles. The average molecular weight is 212 g/mol. The summed E-state index contributed by atoms with van der Waals surface area (Å²) in [4.78, 5) is 14.7. The van der Waals surface area contributed by atoms with Crippen molar-refractivity contribution >= 4 is 16.9 Å². The summed E-state index contributed by atoms with van der Waals surface area (Å²) in [5.74, 6) is -0.910. The first kappa shape index (κ1) is 10.1. The summed E-state index contributed by atoms with van der Waals surface area (Å²) in [6, 6.07) is 8.92. The monoisotopic (exact) mass is 212 g/mol. The van der Waals surface area contributed by atoms with Crippen molar-refractivity contribution in [3.63, 3.8) is 0 Å². The number of aliphatic carboxylic acids is 1. The number of nitriles is 1. The third-order valence-electron chi connectivity index (χ3n) is 2.24. The van der Waals surface area contributed by atoms with Gasteiger partial charge in [0.15, 0.2) is 0 Å². The van der Waals surface area contributed by atoms with Crippen LogP contribution >= 0.6 is 0 Å². The molecule has 2 aromatic rings. The first-order valence-electron chi connectivity index (χ1n) is 4.70. The van der Waals surface area contributed by atoms with Crippen LogP contribution in [-0.2, 0) is 11.2 Å². The van der Waals surface area contributed by atoms with Crippen LogP contribution in [0.5, 0.6) is 0 Å². The molecule has 1 N–H and O–H groups in total. The van der Waals surface area contributed by atoms with E-state index in [0.717, 1.165) is 5.39 Å². The largest absolute Gasteiger partial charge is 0.481 e. The maximum Gasteiger partial charge on any atom is 0.307 e. The van der Waals surface area contributed by atoms with Crippen molar-refractivity contribution < 1.29 is 9.90 Å². The fourth-order valence-corrected chi connectivity index (χ4v) is 1.62. The predicted octanol–water partition coefficient (Wildman–Crippen LogP) is 1.73. The van der Waals surface area contributed by atoms with Crippen LogP contribution in [0.1, 0.15) is 11.1 Å². The lowest BCUT2D eigenvalue weighted by molar-refractivity contribution is -0.136. The van der Waals surface area contributed by atoms with Gasteiger partial charge in [-0.2, -0.15) is 5.26 Å². The molecule has 0 aliphatic carbocycles. The number of aromatic nitrogens is 1. The molecule has 0 atom stereocenters. The second-order valence-electron chi connectivity index (χ2n) is 3.40. The summed E-state index contributed by atoms with van der Waals surface area (Å²) >= 11 is 0. The van der Waals surface area contributed by atoms with Gasteiger partial charge in [0.05, 0.1) is 17.5 Å². The number of hydrogen-bond acceptors (Lipinski definition) is 3. The Morgan fingerprint density at radius 2 is 2.31 bits per heavy atom. The van der Waals surface area contributed by atoms with Crippen molar-refractivity contribution in [2.24, 2.45) is 0 Å². The first-order valence-corrected chi connectivity index (χ1v) is 4.70. The Balaban J connectivity index is 2.64. The van der Waals surface area contributed by atoms with E-state index in [-0.39, 0.29) is 6.42 Å². The van der Waals surface area contributed by atoms with Crippen LogP contribution in [0.2, 0.25) is 0 Å². The van der Waals surface area contributed by atoms with E-state index in [1.165, 1.54) is 0 Å². The molecule has 0 bridgehead atoms. The minimum Gasteiger partial charge on any atom is -0.481 e. The standard InChI is InChI=1S/C12H8N2O2/c13-7-10-5-8(6-11(15)16)4-9-2-1-3-14-12(9)10/h1-5H,6H2,(H,15,16). The maximum atomic E-state index is 10.6. The smallest absolute Gasteiger partial charge is 0.307 e. The van der Waals surface area contributed by atoms with E-state index in [1.54, 1.807) is 24.4 Å². The number of rotatable bonds is 2. The molecule has 0 saturated carbocycles. The van der Waals surface area contributed by atoms with Crippen molar-refractivity contribution in [1.29, 1.82) is 5.26 Å². The van der Waals surface area contributed by atoms with Crippen LogP contribution in [0.25, 0.3) is 10.9 Å². The fourth-order valence-electron chi connectivity index (χ4n) is 1.62. The van der Waals surface area contributed by atoms with Crippen molar-refractivity contribution in [3.05, 3.63) is 41.6 Å². The zero-order chi connectivity index (χ0) is 11.5. The molecule has 0 radical (unpaired) electrons. The molecule has 0 aliphatic heterocycles. The van der Waals surface area contributed by atoms with E-state index in [4.69, 9.17) is 10.4 Å². The summed E-state index contributed by atoms with van der Waals surface area (Å²) in [6.07, 6.45) is 1.53. The highest BCUT2D eigenvalue weighted by Crippen LogP contribution is 2.18. The number of carboxylic acid groups (broad SMARTS) is 1. The van der Waals surface area contributed by atoms with Gasteiger partial charge in [-0.3, -0.25) is 9.78 Å². The Labute approximate surface area is 91.8 Å². The van der Waals surface area contributed by atoms with E-state index < -0.39 is 5.97 Å². The van der Waals surface area contributed by atoms with E-state index >= 15 is 0 Å². The summed E-state index contributed by atoms with van der Waals surface area (Å²) in [5.41, 5.74) is 1.64. The number of carbonyl (C=O) groups is 1. The minimum absolute atomic E-state index is 0.0838. The molecule has 1 heterocycles. The molecular weight excluding hydrogens is 204 g/mol. The van der Waals surface area contributed by atoms with Gasteiger partial charge in [0, 0.05) is 11.6 Å². The van der Waals surface area contributed by atoms with E-state index in [9.17, 15) is 4.79 Å². The highest BCUT2D eigenvalue weighted by Gasteiger charge is 2.07. The van der Waals surface area contributed by atoms with Crippen molar-refractivity contribution in [1.82, 2.24) is 4.98 Å². The zero-order valence-electron chi connectivity index (χ0n) is 8.34. The van der Waals surface area contributed by atoms with Crippen LogP contribution < -0.4 is 0 Å². The molecule has 2 rings (SSSR count). The molecule has 0 amide bonds. The Morgan fingerprint density at radius 1 is 1.50 bits per heavy atom. The summed E-state index contributed by atoms with van der Waals surface area (Å²) in [5, 5.41) is 18.5. The molecule has 16 heavy (non-hydrogen) atoms. The summed E-state index contributed by atoms with van der Waals surface area (Å²) in [6.45, 7) is 0. The molecule has 0 fully saturated rings. The Hall–Kier alpha value is -2.41. The van der Waals surface area contributed by atoms with Crippen LogP contribution in [0.4, 0.5) is 0 Å². The highest BCUT2D eigenvalue weighted by atomic mass is 16.4. The van der Waals surface area contributed by atoms with Gasteiger partial charge in [-0.1, -0.05) is 6.07 Å². The van der Waals surface area contributed by atoms with Gasteiger partial charge in [-0.15, -0.1) is 0 Å². The number of fused-ring (bicyclic) bond motifs is 1. The van der Waals surface area contributed by atoms with E-state index in [2.05, 4.69) is 4.98 Å². The molecule has 0 aliphatic rings. The molecule has 78 valence electrons. The number of pyridine rings is 1. The van der Waals surface area contributed by atoms with Crippen LogP contribution in [0.15, 0.2) is 30.5 Å². The first-order chi connectivity index (χ1) is 7.70. The fraction of sp³-hybridized carbons (Fsp3) is 0.0833. The Kier molecular flexibility index (Phi) is 2.52. The summed E-state index contributed by atoms with van der Waals surface area (Å²) in [7, 11) is 0. The topological polar surface area (TPSA) is 74.0 Å². The van der Waals surface area contributed by atoms with Gasteiger partial charge in [0.25, 0.3) is 0 Å². The predicted molar refractivity (Wildman–Crippen MR) is 57.8 cm³/mol. The number of nitrogens with zero attached hydrogens (tertiary/aromatic N) is 2. The third-order valence-corrected chi connectivity index (χ3v) is 2.24. The highest BCUT2D eigenvalue weighted by molar-refractivity contribution is 5.85. The Bertz CT molecular complexity index is 599. The van der Waals surface area contributed by atoms with E-state index in [1.807, 2.05) is 12.1 Å². The van der Waals surface area contributed by atoms with Gasteiger partial charge in [-0.25, -0.2) is 0 Å². The third kappa shape index (κ3) is 1.84. The van der Waals surface area contributed by atoms with Crippen molar-refractivity contribution in [2.45, 2.75) is 6.42 Å². The van der Waals surface area contributed by atoms with Crippen molar-refractivity contribution in [3.8, 4) is 6.07 Å². The minimum atomic E-state index is -0.910. The van der Waals surface area contributed by atoms with Gasteiger partial charge >= 0.3 is 5.97 Å². The van der Waals surface area contributed by atoms with Gasteiger partial charge in [-0.05, 0) is 23.8 Å². The average Bonchev–Trinajstić information content (AvgIpc) is 2.27. The number of hydrogen-bond donors (Lipinski definition) is 1. The van der Waals surface area contributed by atoms with Gasteiger partial charge in [0.1, 0.15) is 6.07 Å². The lowest BCUT2D eigenvalue weighted by atomic mass is 10.0. The van der Waals surface area contributed by atoms with Crippen LogP contribution in [0.3, 0.4) is 0 Å². The molecule has 4 nitrogen and oxygen atoms in total. The maximum absolute atomic E-state index is 10.6.